The molecule has 0 aromatic heterocycles. The molecular formula is C22H27NO6. The second-order valence-corrected chi connectivity index (χ2v) is 8.05. The number of amides is 1. The highest BCUT2D eigenvalue weighted by Crippen LogP contribution is 2.33. The Morgan fingerprint density at radius 1 is 1.24 bits per heavy atom. The van der Waals surface area contributed by atoms with Gasteiger partial charge in [0.25, 0.3) is 0 Å². The molecule has 2 N–H and O–H groups in total. The van der Waals surface area contributed by atoms with Crippen molar-refractivity contribution in [1.29, 1.82) is 0 Å². The summed E-state index contributed by atoms with van der Waals surface area (Å²) in [6.45, 7) is 5.52. The largest absolute Gasteiger partial charge is 0.388 e. The molecule has 2 aliphatic heterocycles. The molecule has 156 valence electrons. The van der Waals surface area contributed by atoms with Crippen molar-refractivity contribution in [3.63, 3.8) is 0 Å². The molecule has 0 unspecified atom stereocenters. The van der Waals surface area contributed by atoms with Gasteiger partial charge in [0, 0.05) is 6.92 Å². The van der Waals surface area contributed by atoms with E-state index in [9.17, 15) is 9.90 Å². The van der Waals surface area contributed by atoms with Gasteiger partial charge in [-0.25, -0.2) is 0 Å². The summed E-state index contributed by atoms with van der Waals surface area (Å²) >= 11 is 0. The zero-order valence-electron chi connectivity index (χ0n) is 16.8. The molecule has 0 aliphatic carbocycles. The fourth-order valence-electron chi connectivity index (χ4n) is 3.88. The van der Waals surface area contributed by atoms with E-state index < -0.39 is 36.4 Å². The number of rotatable bonds is 4. The van der Waals surface area contributed by atoms with Gasteiger partial charge in [-0.1, -0.05) is 36.4 Å². The van der Waals surface area contributed by atoms with Crippen molar-refractivity contribution in [2.45, 2.75) is 63.8 Å². The lowest BCUT2D eigenvalue weighted by Crippen LogP contribution is -2.68. The fraction of sp³-hybridized carbons (Fsp3) is 0.500. The predicted molar refractivity (Wildman–Crippen MR) is 106 cm³/mol. The van der Waals surface area contributed by atoms with E-state index >= 15 is 0 Å². The minimum absolute atomic E-state index is 0.275. The molecule has 7 heteroatoms. The summed E-state index contributed by atoms with van der Waals surface area (Å²) < 4.78 is 23.5. The zero-order chi connectivity index (χ0) is 20.6. The van der Waals surface area contributed by atoms with Crippen molar-refractivity contribution in [2.24, 2.45) is 0 Å². The van der Waals surface area contributed by atoms with E-state index in [2.05, 4.69) is 17.4 Å². The molecule has 2 aromatic carbocycles. The van der Waals surface area contributed by atoms with Crippen LogP contribution in [0.1, 0.15) is 26.3 Å². The van der Waals surface area contributed by atoms with Gasteiger partial charge in [0.15, 0.2) is 12.1 Å². The lowest BCUT2D eigenvalue weighted by Gasteiger charge is -2.49. The van der Waals surface area contributed by atoms with Gasteiger partial charge in [0.2, 0.25) is 5.91 Å². The third-order valence-electron chi connectivity index (χ3n) is 5.29. The number of carbonyl (C=O) groups excluding carboxylic acids is 1. The van der Waals surface area contributed by atoms with Crippen LogP contribution in [0, 0.1) is 0 Å². The molecule has 29 heavy (non-hydrogen) atoms. The van der Waals surface area contributed by atoms with E-state index in [1.807, 2.05) is 30.3 Å². The van der Waals surface area contributed by atoms with Gasteiger partial charge in [-0.05, 0) is 36.2 Å². The topological polar surface area (TPSA) is 86.3 Å². The van der Waals surface area contributed by atoms with Crippen LogP contribution >= 0.6 is 0 Å². The minimum Gasteiger partial charge on any atom is -0.388 e. The molecule has 2 aliphatic rings. The number of carbonyl (C=O) groups is 1. The van der Waals surface area contributed by atoms with Gasteiger partial charge in [0.05, 0.1) is 13.2 Å². The van der Waals surface area contributed by atoms with Crippen LogP contribution in [-0.4, -0.2) is 54.1 Å². The second kappa shape index (κ2) is 8.01. The predicted octanol–water partition coefficient (Wildman–Crippen LogP) is 2.10. The molecule has 7 nitrogen and oxygen atoms in total. The number of aliphatic hydroxyl groups excluding tert-OH is 1. The molecule has 0 radical (unpaired) electrons. The molecule has 0 spiro atoms. The van der Waals surface area contributed by atoms with Crippen molar-refractivity contribution in [3.8, 4) is 0 Å². The van der Waals surface area contributed by atoms with E-state index in [0.717, 1.165) is 16.3 Å². The highest BCUT2D eigenvalue weighted by Gasteiger charge is 2.51. The summed E-state index contributed by atoms with van der Waals surface area (Å²) in [6.07, 6.45) is -2.90. The molecule has 0 saturated carbocycles. The third-order valence-corrected chi connectivity index (χ3v) is 5.29. The molecule has 2 heterocycles. The maximum Gasteiger partial charge on any atom is 0.217 e. The Morgan fingerprint density at radius 3 is 2.76 bits per heavy atom. The molecule has 1 amide bonds. The number of ether oxygens (including phenoxy) is 4. The van der Waals surface area contributed by atoms with Crippen LogP contribution < -0.4 is 5.32 Å². The number of benzene rings is 2. The van der Waals surface area contributed by atoms with E-state index in [0.29, 0.717) is 0 Å². The zero-order valence-corrected chi connectivity index (χ0v) is 16.8. The molecule has 4 rings (SSSR count). The summed E-state index contributed by atoms with van der Waals surface area (Å²) in [4.78, 5) is 11.7. The van der Waals surface area contributed by atoms with Crippen LogP contribution in [0.5, 0.6) is 0 Å². The third kappa shape index (κ3) is 4.44. The van der Waals surface area contributed by atoms with Crippen molar-refractivity contribution >= 4 is 16.7 Å². The van der Waals surface area contributed by atoms with Crippen LogP contribution in [0.4, 0.5) is 0 Å². The minimum atomic E-state index is -0.984. The number of fused-ring (bicyclic) bond motifs is 2. The Kier molecular flexibility index (Phi) is 5.59. The smallest absolute Gasteiger partial charge is 0.217 e. The molecular weight excluding hydrogens is 374 g/mol. The van der Waals surface area contributed by atoms with Gasteiger partial charge in [-0.3, -0.25) is 4.79 Å². The summed E-state index contributed by atoms with van der Waals surface area (Å²) in [6, 6.07) is 13.4. The molecule has 2 saturated heterocycles. The van der Waals surface area contributed by atoms with Gasteiger partial charge >= 0.3 is 0 Å². The normalized spacial score (nSPS) is 31.2. The first kappa shape index (κ1) is 20.3. The van der Waals surface area contributed by atoms with Crippen molar-refractivity contribution in [3.05, 3.63) is 48.0 Å². The molecule has 2 fully saturated rings. The Balaban J connectivity index is 1.50. The van der Waals surface area contributed by atoms with Crippen LogP contribution in [0.25, 0.3) is 10.8 Å². The quantitative estimate of drug-likeness (QED) is 0.816. The monoisotopic (exact) mass is 401 g/mol. The maximum absolute atomic E-state index is 11.7. The van der Waals surface area contributed by atoms with Crippen LogP contribution in [0.3, 0.4) is 0 Å². The summed E-state index contributed by atoms with van der Waals surface area (Å²) in [5.41, 5.74) is 0.975. The van der Waals surface area contributed by atoms with Gasteiger partial charge in [-0.15, -0.1) is 0 Å². The van der Waals surface area contributed by atoms with E-state index in [1.165, 1.54) is 6.92 Å². The molecule has 2 aromatic rings. The summed E-state index contributed by atoms with van der Waals surface area (Å²) in [5, 5.41) is 15.9. The number of hydrogen-bond donors (Lipinski definition) is 2. The number of aliphatic hydroxyl groups is 1. The van der Waals surface area contributed by atoms with E-state index in [4.69, 9.17) is 18.9 Å². The molecule has 5 atom stereocenters. The second-order valence-electron chi connectivity index (χ2n) is 8.05. The summed E-state index contributed by atoms with van der Waals surface area (Å²) in [7, 11) is 0. The standard InChI is InChI=1S/C22H27NO6/c1-13(24)23-18-19(25)20-17(12-27-22(2,3)29-20)28-21(18)26-11-14-8-9-15-6-4-5-7-16(15)10-14/h4-10,17-21,25H,11-12H2,1-3H3,(H,23,24)/t17-,18-,19+,20-,21+/m1/s1. The van der Waals surface area contributed by atoms with E-state index in [-0.39, 0.29) is 19.1 Å². The average Bonchev–Trinajstić information content (AvgIpc) is 2.68. The maximum atomic E-state index is 11.7. The fourth-order valence-corrected chi connectivity index (χ4v) is 3.88. The Morgan fingerprint density at radius 2 is 2.00 bits per heavy atom. The highest BCUT2D eigenvalue weighted by atomic mass is 16.8. The first-order valence-electron chi connectivity index (χ1n) is 9.84. The number of hydrogen-bond acceptors (Lipinski definition) is 6. The first-order chi connectivity index (χ1) is 13.8. The molecule has 0 bridgehead atoms. The lowest BCUT2D eigenvalue weighted by atomic mass is 9.95. The lowest BCUT2D eigenvalue weighted by molar-refractivity contribution is -0.369. The number of nitrogens with one attached hydrogen (secondary N) is 1. The van der Waals surface area contributed by atoms with Gasteiger partial charge in [-0.2, -0.15) is 0 Å². The Hall–Kier alpha value is -2.03. The van der Waals surface area contributed by atoms with Crippen molar-refractivity contribution in [2.75, 3.05) is 6.61 Å². The SMILES string of the molecule is CC(=O)N[C@H]1[C@@H](OCc2ccc3ccccc3c2)O[C@@H]2COC(C)(C)O[C@H]2[C@H]1O. The van der Waals surface area contributed by atoms with Gasteiger partial charge in [0.1, 0.15) is 24.4 Å². The average molecular weight is 401 g/mol. The van der Waals surface area contributed by atoms with Gasteiger partial charge < -0.3 is 29.4 Å². The van der Waals surface area contributed by atoms with Crippen molar-refractivity contribution in [1.82, 2.24) is 5.32 Å². The highest BCUT2D eigenvalue weighted by molar-refractivity contribution is 5.82. The summed E-state index contributed by atoms with van der Waals surface area (Å²) in [5.74, 6) is -1.10. The van der Waals surface area contributed by atoms with Crippen molar-refractivity contribution < 1.29 is 28.8 Å². The van der Waals surface area contributed by atoms with Crippen LogP contribution in [0.2, 0.25) is 0 Å². The Labute approximate surface area is 169 Å². The van der Waals surface area contributed by atoms with Crippen LogP contribution in [0.15, 0.2) is 42.5 Å². The van der Waals surface area contributed by atoms with Crippen LogP contribution in [-0.2, 0) is 30.3 Å². The Bertz CT molecular complexity index is 884. The first-order valence-corrected chi connectivity index (χ1v) is 9.84. The van der Waals surface area contributed by atoms with E-state index in [1.54, 1.807) is 13.8 Å².